The molecular formula is C19H20N4OS. The van der Waals surface area contributed by atoms with Crippen LogP contribution in [0.1, 0.15) is 22.2 Å². The summed E-state index contributed by atoms with van der Waals surface area (Å²) in [5.41, 5.74) is 3.07. The minimum absolute atomic E-state index is 0.102. The van der Waals surface area contributed by atoms with Crippen LogP contribution in [0.2, 0.25) is 0 Å². The van der Waals surface area contributed by atoms with Crippen molar-refractivity contribution < 1.29 is 4.74 Å². The molecule has 4 rings (SSSR count). The molecule has 6 heteroatoms. The van der Waals surface area contributed by atoms with E-state index in [9.17, 15) is 0 Å². The highest BCUT2D eigenvalue weighted by Crippen LogP contribution is 2.31. The van der Waals surface area contributed by atoms with Crippen molar-refractivity contribution in [2.45, 2.75) is 20.0 Å². The highest BCUT2D eigenvalue weighted by atomic mass is 32.1. The average Bonchev–Trinajstić information content (AvgIpc) is 3.19. The molecule has 25 heavy (non-hydrogen) atoms. The number of anilines is 1. The minimum atomic E-state index is 0.102. The quantitative estimate of drug-likeness (QED) is 0.718. The van der Waals surface area contributed by atoms with Crippen LogP contribution < -0.4 is 4.90 Å². The van der Waals surface area contributed by atoms with Gasteiger partial charge in [-0.1, -0.05) is 6.07 Å². The molecule has 1 aliphatic heterocycles. The predicted molar refractivity (Wildman–Crippen MR) is 100.0 cm³/mol. The van der Waals surface area contributed by atoms with E-state index in [1.54, 1.807) is 17.5 Å². The van der Waals surface area contributed by atoms with E-state index in [4.69, 9.17) is 9.72 Å². The molecule has 3 aromatic rings. The van der Waals surface area contributed by atoms with E-state index in [0.717, 1.165) is 41.6 Å². The molecule has 1 unspecified atom stereocenters. The molecule has 0 bridgehead atoms. The lowest BCUT2D eigenvalue weighted by molar-refractivity contribution is 0.0418. The Morgan fingerprint density at radius 1 is 1.20 bits per heavy atom. The van der Waals surface area contributed by atoms with Crippen molar-refractivity contribution in [2.75, 3.05) is 24.6 Å². The molecule has 1 atom stereocenters. The van der Waals surface area contributed by atoms with Crippen LogP contribution in [0.3, 0.4) is 0 Å². The Morgan fingerprint density at radius 2 is 2.12 bits per heavy atom. The number of rotatable bonds is 3. The van der Waals surface area contributed by atoms with Crippen molar-refractivity contribution in [1.29, 1.82) is 0 Å². The maximum absolute atomic E-state index is 5.97. The van der Waals surface area contributed by atoms with Crippen LogP contribution in [-0.4, -0.2) is 34.6 Å². The summed E-state index contributed by atoms with van der Waals surface area (Å²) in [6.45, 7) is 6.48. The van der Waals surface area contributed by atoms with E-state index in [1.165, 1.54) is 4.88 Å². The van der Waals surface area contributed by atoms with E-state index < -0.39 is 0 Å². The van der Waals surface area contributed by atoms with Crippen LogP contribution in [0.4, 0.5) is 5.82 Å². The smallest absolute Gasteiger partial charge is 0.163 e. The van der Waals surface area contributed by atoms with Crippen molar-refractivity contribution in [3.8, 4) is 11.4 Å². The molecule has 0 saturated carbocycles. The van der Waals surface area contributed by atoms with Gasteiger partial charge >= 0.3 is 0 Å². The van der Waals surface area contributed by atoms with Crippen LogP contribution in [-0.2, 0) is 4.74 Å². The van der Waals surface area contributed by atoms with E-state index in [-0.39, 0.29) is 6.10 Å². The molecule has 3 aromatic heterocycles. The minimum Gasteiger partial charge on any atom is -0.369 e. The van der Waals surface area contributed by atoms with Crippen molar-refractivity contribution in [3.05, 3.63) is 58.2 Å². The lowest BCUT2D eigenvalue weighted by Gasteiger charge is -2.34. The molecular weight excluding hydrogens is 332 g/mol. The third kappa shape index (κ3) is 3.27. The summed E-state index contributed by atoms with van der Waals surface area (Å²) in [5.74, 6) is 1.72. The molecule has 128 valence electrons. The van der Waals surface area contributed by atoms with Gasteiger partial charge in [-0.2, -0.15) is 0 Å². The zero-order chi connectivity index (χ0) is 17.2. The zero-order valence-corrected chi connectivity index (χ0v) is 15.2. The van der Waals surface area contributed by atoms with Gasteiger partial charge in [0.2, 0.25) is 0 Å². The largest absolute Gasteiger partial charge is 0.369 e. The Morgan fingerprint density at radius 3 is 2.88 bits per heavy atom. The van der Waals surface area contributed by atoms with Gasteiger partial charge in [0, 0.05) is 40.6 Å². The van der Waals surface area contributed by atoms with Crippen molar-refractivity contribution in [1.82, 2.24) is 15.0 Å². The SMILES string of the molecule is Cc1nc(-c2cccnc2)nc(N2CCOC(c3cccs3)C2)c1C. The zero-order valence-electron chi connectivity index (χ0n) is 14.3. The van der Waals surface area contributed by atoms with E-state index in [0.29, 0.717) is 6.61 Å². The Bertz CT molecular complexity index is 851. The highest BCUT2D eigenvalue weighted by Gasteiger charge is 2.25. The molecule has 0 N–H and O–H groups in total. The summed E-state index contributed by atoms with van der Waals surface area (Å²) in [5, 5.41) is 2.10. The van der Waals surface area contributed by atoms with Gasteiger partial charge < -0.3 is 9.64 Å². The number of nitrogens with zero attached hydrogens (tertiary/aromatic N) is 4. The maximum atomic E-state index is 5.97. The fourth-order valence-corrected chi connectivity index (χ4v) is 3.80. The van der Waals surface area contributed by atoms with Crippen molar-refractivity contribution in [2.24, 2.45) is 0 Å². The highest BCUT2D eigenvalue weighted by molar-refractivity contribution is 7.10. The summed E-state index contributed by atoms with van der Waals surface area (Å²) in [4.78, 5) is 17.3. The predicted octanol–water partition coefficient (Wildman–Crippen LogP) is 3.79. The second-order valence-corrected chi connectivity index (χ2v) is 7.12. The number of aromatic nitrogens is 3. The molecule has 0 amide bonds. The van der Waals surface area contributed by atoms with Crippen LogP contribution in [0, 0.1) is 13.8 Å². The lowest BCUT2D eigenvalue weighted by atomic mass is 10.1. The lowest BCUT2D eigenvalue weighted by Crippen LogP contribution is -2.39. The van der Waals surface area contributed by atoms with Gasteiger partial charge in [0.1, 0.15) is 11.9 Å². The Hall–Kier alpha value is -2.31. The number of ether oxygens (including phenoxy) is 1. The molecule has 1 saturated heterocycles. The van der Waals surface area contributed by atoms with Gasteiger partial charge in [-0.25, -0.2) is 9.97 Å². The normalized spacial score (nSPS) is 17.7. The second kappa shape index (κ2) is 6.90. The van der Waals surface area contributed by atoms with Gasteiger partial charge in [0.25, 0.3) is 0 Å². The first kappa shape index (κ1) is 16.2. The van der Waals surface area contributed by atoms with Gasteiger partial charge in [0.15, 0.2) is 5.82 Å². The fraction of sp³-hybridized carbons (Fsp3) is 0.316. The first-order chi connectivity index (χ1) is 12.2. The second-order valence-electron chi connectivity index (χ2n) is 6.14. The molecule has 0 aromatic carbocycles. The summed E-state index contributed by atoms with van der Waals surface area (Å²) in [7, 11) is 0. The first-order valence-corrected chi connectivity index (χ1v) is 9.26. The number of morpholine rings is 1. The van der Waals surface area contributed by atoms with Gasteiger partial charge in [-0.05, 0) is 37.4 Å². The van der Waals surface area contributed by atoms with E-state index in [2.05, 4.69) is 39.3 Å². The van der Waals surface area contributed by atoms with Crippen LogP contribution in [0.5, 0.6) is 0 Å². The Kier molecular flexibility index (Phi) is 4.46. The van der Waals surface area contributed by atoms with Crippen molar-refractivity contribution >= 4 is 17.2 Å². The molecule has 4 heterocycles. The van der Waals surface area contributed by atoms with Crippen LogP contribution >= 0.6 is 11.3 Å². The summed E-state index contributed by atoms with van der Waals surface area (Å²) < 4.78 is 5.97. The molecule has 0 radical (unpaired) electrons. The number of hydrogen-bond acceptors (Lipinski definition) is 6. The molecule has 0 aliphatic carbocycles. The average molecular weight is 352 g/mol. The van der Waals surface area contributed by atoms with E-state index >= 15 is 0 Å². The molecule has 1 fully saturated rings. The molecule has 0 spiro atoms. The number of hydrogen-bond donors (Lipinski definition) is 0. The van der Waals surface area contributed by atoms with Crippen LogP contribution in [0.25, 0.3) is 11.4 Å². The van der Waals surface area contributed by atoms with Gasteiger partial charge in [-0.15, -0.1) is 11.3 Å². The standard InChI is InChI=1S/C19H20N4OS/c1-13-14(2)21-18(15-5-3-7-20-11-15)22-19(13)23-8-9-24-16(12-23)17-6-4-10-25-17/h3-7,10-11,16H,8-9,12H2,1-2H3. The summed E-state index contributed by atoms with van der Waals surface area (Å²) in [6.07, 6.45) is 3.67. The van der Waals surface area contributed by atoms with Gasteiger partial charge in [-0.3, -0.25) is 4.98 Å². The molecule has 1 aliphatic rings. The number of aryl methyl sites for hydroxylation is 1. The Balaban J connectivity index is 1.68. The number of thiophene rings is 1. The fourth-order valence-electron chi connectivity index (χ4n) is 3.03. The van der Waals surface area contributed by atoms with Crippen molar-refractivity contribution in [3.63, 3.8) is 0 Å². The van der Waals surface area contributed by atoms with E-state index in [1.807, 2.05) is 25.3 Å². The summed E-state index contributed by atoms with van der Waals surface area (Å²) in [6, 6.07) is 8.12. The summed E-state index contributed by atoms with van der Waals surface area (Å²) >= 11 is 1.74. The maximum Gasteiger partial charge on any atom is 0.163 e. The monoisotopic (exact) mass is 352 g/mol. The topological polar surface area (TPSA) is 51.1 Å². The Labute approximate surface area is 151 Å². The first-order valence-electron chi connectivity index (χ1n) is 8.38. The van der Waals surface area contributed by atoms with Crippen LogP contribution in [0.15, 0.2) is 42.0 Å². The molecule has 5 nitrogen and oxygen atoms in total. The third-order valence-electron chi connectivity index (χ3n) is 4.51. The third-order valence-corrected chi connectivity index (χ3v) is 5.47. The number of pyridine rings is 1. The van der Waals surface area contributed by atoms with Gasteiger partial charge in [0.05, 0.1) is 13.2 Å².